The summed E-state index contributed by atoms with van der Waals surface area (Å²) in [6.07, 6.45) is -0.515. The van der Waals surface area contributed by atoms with Gasteiger partial charge in [0.05, 0.1) is 5.25 Å². The summed E-state index contributed by atoms with van der Waals surface area (Å²) in [5, 5.41) is 8.83. The van der Waals surface area contributed by atoms with Gasteiger partial charge in [0.1, 0.15) is 11.6 Å². The van der Waals surface area contributed by atoms with Gasteiger partial charge in [-0.2, -0.15) is 0 Å². The van der Waals surface area contributed by atoms with Crippen LogP contribution in [0, 0.1) is 12.7 Å². The van der Waals surface area contributed by atoms with Crippen molar-refractivity contribution >= 4 is 28.4 Å². The van der Waals surface area contributed by atoms with Gasteiger partial charge in [0.25, 0.3) is 11.1 Å². The summed E-state index contributed by atoms with van der Waals surface area (Å²) in [4.78, 5) is 16.3. The Kier molecular flexibility index (Phi) is 5.59. The predicted molar refractivity (Wildman–Crippen MR) is 112 cm³/mol. The van der Waals surface area contributed by atoms with E-state index in [1.54, 1.807) is 6.92 Å². The highest BCUT2D eigenvalue weighted by atomic mass is 32.2. The van der Waals surface area contributed by atoms with Gasteiger partial charge in [0, 0.05) is 22.2 Å². The predicted octanol–water partition coefficient (Wildman–Crippen LogP) is 5.50. The third-order valence-electron chi connectivity index (χ3n) is 4.68. The third-order valence-corrected chi connectivity index (χ3v) is 5.62. The van der Waals surface area contributed by atoms with E-state index in [1.165, 1.54) is 36.0 Å². The second kappa shape index (κ2) is 8.31. The van der Waals surface area contributed by atoms with E-state index in [-0.39, 0.29) is 22.7 Å². The van der Waals surface area contributed by atoms with Crippen LogP contribution in [0.1, 0.15) is 41.9 Å². The van der Waals surface area contributed by atoms with Crippen molar-refractivity contribution in [1.29, 1.82) is 0 Å². The van der Waals surface area contributed by atoms with Gasteiger partial charge in [0.15, 0.2) is 11.9 Å². The van der Waals surface area contributed by atoms with Crippen LogP contribution in [0.2, 0.25) is 0 Å². The zero-order valence-corrected chi connectivity index (χ0v) is 17.5. The standard InChI is InChI=1S/C22H20FN3O3S/c1-12-19(17-6-4-5-7-18(17)24-12)20(27)14(3)30-22-26-25-21(29-22)13(2)28-16-10-8-15(23)9-11-16/h4-11,13-14,24H,1-3H3/t13-,14-/m1/s1. The van der Waals surface area contributed by atoms with Gasteiger partial charge in [-0.05, 0) is 51.1 Å². The summed E-state index contributed by atoms with van der Waals surface area (Å²) in [6.45, 7) is 5.47. The maximum Gasteiger partial charge on any atom is 0.277 e. The Balaban J connectivity index is 1.45. The Labute approximate surface area is 176 Å². The Morgan fingerprint density at radius 2 is 1.87 bits per heavy atom. The van der Waals surface area contributed by atoms with Crippen LogP contribution in [0.3, 0.4) is 0 Å². The minimum absolute atomic E-state index is 0.00897. The largest absolute Gasteiger partial charge is 0.481 e. The SMILES string of the molecule is Cc1[nH]c2ccccc2c1C(=O)[C@@H](C)Sc1nnc([C@@H](C)Oc2ccc(F)cc2)o1. The highest BCUT2D eigenvalue weighted by Crippen LogP contribution is 2.30. The van der Waals surface area contributed by atoms with Gasteiger partial charge in [-0.15, -0.1) is 10.2 Å². The van der Waals surface area contributed by atoms with E-state index in [4.69, 9.17) is 9.15 Å². The number of carbonyl (C=O) groups is 1. The number of aryl methyl sites for hydroxylation is 1. The molecule has 0 aliphatic carbocycles. The highest BCUT2D eigenvalue weighted by Gasteiger charge is 2.25. The molecule has 0 amide bonds. The van der Waals surface area contributed by atoms with Crippen LogP contribution in [0.5, 0.6) is 5.75 Å². The fourth-order valence-corrected chi connectivity index (χ4v) is 3.95. The van der Waals surface area contributed by atoms with Crippen molar-refractivity contribution in [2.45, 2.75) is 37.3 Å². The van der Waals surface area contributed by atoms with Gasteiger partial charge in [0.2, 0.25) is 0 Å². The number of hydrogen-bond donors (Lipinski definition) is 1. The summed E-state index contributed by atoms with van der Waals surface area (Å²) in [7, 11) is 0. The molecule has 0 aliphatic rings. The molecule has 2 atom stereocenters. The van der Waals surface area contributed by atoms with Crippen LogP contribution in [0.25, 0.3) is 10.9 Å². The normalized spacial score (nSPS) is 13.3. The molecule has 1 N–H and O–H groups in total. The number of halogens is 1. The van der Waals surface area contributed by atoms with E-state index < -0.39 is 11.4 Å². The Morgan fingerprint density at radius 3 is 2.63 bits per heavy atom. The van der Waals surface area contributed by atoms with Crippen LogP contribution in [-0.2, 0) is 0 Å². The molecule has 0 saturated heterocycles. The van der Waals surface area contributed by atoms with Gasteiger partial charge in [-0.1, -0.05) is 30.0 Å². The smallest absolute Gasteiger partial charge is 0.277 e. The number of Topliss-reactive ketones (excluding diaryl/α,β-unsaturated/α-hetero) is 1. The number of aromatic nitrogens is 3. The van der Waals surface area contributed by atoms with E-state index in [0.717, 1.165) is 16.6 Å². The number of ether oxygens (including phenoxy) is 1. The molecule has 4 aromatic rings. The minimum atomic E-state index is -0.515. The summed E-state index contributed by atoms with van der Waals surface area (Å²) in [6, 6.07) is 13.4. The molecule has 30 heavy (non-hydrogen) atoms. The number of nitrogens with one attached hydrogen (secondary N) is 1. The lowest BCUT2D eigenvalue weighted by Crippen LogP contribution is -2.14. The highest BCUT2D eigenvalue weighted by molar-refractivity contribution is 8.00. The van der Waals surface area contributed by atoms with Crippen LogP contribution in [-0.4, -0.2) is 26.2 Å². The van der Waals surface area contributed by atoms with Crippen molar-refractivity contribution in [3.8, 4) is 5.75 Å². The molecular formula is C22H20FN3O3S. The zero-order chi connectivity index (χ0) is 21.3. The summed E-state index contributed by atoms with van der Waals surface area (Å²) >= 11 is 1.20. The topological polar surface area (TPSA) is 81.0 Å². The molecule has 2 aromatic heterocycles. The quantitative estimate of drug-likeness (QED) is 0.311. The number of aromatic amines is 1. The molecule has 0 saturated carbocycles. The average molecular weight is 425 g/mol. The summed E-state index contributed by atoms with van der Waals surface area (Å²) in [5.41, 5.74) is 2.45. The van der Waals surface area contributed by atoms with Crippen molar-refractivity contribution in [3.05, 3.63) is 71.5 Å². The van der Waals surface area contributed by atoms with Crippen molar-refractivity contribution in [2.75, 3.05) is 0 Å². The Morgan fingerprint density at radius 1 is 1.13 bits per heavy atom. The molecule has 8 heteroatoms. The van der Waals surface area contributed by atoms with Crippen molar-refractivity contribution in [2.24, 2.45) is 0 Å². The first kappa shape index (κ1) is 20.2. The maximum atomic E-state index is 13.1. The minimum Gasteiger partial charge on any atom is -0.481 e. The number of H-pyrrole nitrogens is 1. The molecule has 4 rings (SSSR count). The lowest BCUT2D eigenvalue weighted by Gasteiger charge is -2.10. The number of nitrogens with zero attached hydrogens (tertiary/aromatic N) is 2. The van der Waals surface area contributed by atoms with Crippen LogP contribution >= 0.6 is 11.8 Å². The van der Waals surface area contributed by atoms with E-state index in [2.05, 4.69) is 15.2 Å². The zero-order valence-electron chi connectivity index (χ0n) is 16.7. The summed E-state index contributed by atoms with van der Waals surface area (Å²) in [5.74, 6) is 0.431. The van der Waals surface area contributed by atoms with Crippen molar-refractivity contribution in [3.63, 3.8) is 0 Å². The van der Waals surface area contributed by atoms with E-state index in [9.17, 15) is 9.18 Å². The molecule has 0 fully saturated rings. The Bertz CT molecular complexity index is 1190. The number of thioether (sulfide) groups is 1. The van der Waals surface area contributed by atoms with Crippen molar-refractivity contribution < 1.29 is 18.3 Å². The monoisotopic (exact) mass is 425 g/mol. The maximum absolute atomic E-state index is 13.1. The number of hydrogen-bond acceptors (Lipinski definition) is 6. The lowest BCUT2D eigenvalue weighted by atomic mass is 10.1. The Hall–Kier alpha value is -3.13. The van der Waals surface area contributed by atoms with Gasteiger partial charge >= 0.3 is 0 Å². The number of carbonyl (C=O) groups excluding carboxylic acids is 1. The molecule has 0 bridgehead atoms. The number of ketones is 1. The van der Waals surface area contributed by atoms with Crippen LogP contribution in [0.15, 0.2) is 58.2 Å². The van der Waals surface area contributed by atoms with E-state index in [0.29, 0.717) is 11.3 Å². The molecule has 0 unspecified atom stereocenters. The first-order valence-electron chi connectivity index (χ1n) is 9.46. The first-order chi connectivity index (χ1) is 14.4. The fraction of sp³-hybridized carbons (Fsp3) is 0.227. The molecule has 0 spiro atoms. The average Bonchev–Trinajstić information content (AvgIpc) is 3.32. The van der Waals surface area contributed by atoms with Crippen LogP contribution in [0.4, 0.5) is 4.39 Å². The summed E-state index contributed by atoms with van der Waals surface area (Å²) < 4.78 is 24.4. The number of para-hydroxylation sites is 1. The molecule has 2 heterocycles. The molecule has 0 aliphatic heterocycles. The fourth-order valence-electron chi connectivity index (χ4n) is 3.20. The second-order valence-electron chi connectivity index (χ2n) is 6.92. The molecule has 0 radical (unpaired) electrons. The number of rotatable bonds is 7. The van der Waals surface area contributed by atoms with Gasteiger partial charge in [-0.25, -0.2) is 4.39 Å². The van der Waals surface area contributed by atoms with Gasteiger partial charge in [-0.3, -0.25) is 4.79 Å². The van der Waals surface area contributed by atoms with Gasteiger partial charge < -0.3 is 14.1 Å². The third kappa shape index (κ3) is 4.09. The number of benzene rings is 2. The molecule has 154 valence electrons. The first-order valence-corrected chi connectivity index (χ1v) is 10.3. The van der Waals surface area contributed by atoms with Crippen molar-refractivity contribution in [1.82, 2.24) is 15.2 Å². The molecule has 2 aromatic carbocycles. The number of fused-ring (bicyclic) bond motifs is 1. The molecule has 6 nitrogen and oxygen atoms in total. The molecular weight excluding hydrogens is 405 g/mol. The van der Waals surface area contributed by atoms with E-state index >= 15 is 0 Å². The van der Waals surface area contributed by atoms with Crippen LogP contribution < -0.4 is 4.74 Å². The van der Waals surface area contributed by atoms with E-state index in [1.807, 2.05) is 38.1 Å². The lowest BCUT2D eigenvalue weighted by molar-refractivity contribution is 0.0994. The second-order valence-corrected chi connectivity index (χ2v) is 8.21.